The van der Waals surface area contributed by atoms with Crippen LogP contribution in [0.1, 0.15) is 25.5 Å². The highest BCUT2D eigenvalue weighted by Crippen LogP contribution is 2.21. The normalized spacial score (nSPS) is 13.2. The smallest absolute Gasteiger partial charge is 0.228 e. The maximum atomic E-state index is 5.28. The van der Waals surface area contributed by atoms with Crippen molar-refractivity contribution in [2.75, 3.05) is 7.05 Å². The van der Waals surface area contributed by atoms with Crippen LogP contribution in [0.2, 0.25) is 0 Å². The van der Waals surface area contributed by atoms with E-state index >= 15 is 0 Å². The second kappa shape index (κ2) is 5.35. The number of nitrogens with one attached hydrogen (secondary N) is 1. The van der Waals surface area contributed by atoms with Gasteiger partial charge in [-0.05, 0) is 26.0 Å². The summed E-state index contributed by atoms with van der Waals surface area (Å²) >= 11 is 0. The second-order valence-electron chi connectivity index (χ2n) is 4.75. The fourth-order valence-electron chi connectivity index (χ4n) is 1.92. The fourth-order valence-corrected chi connectivity index (χ4v) is 1.92. The van der Waals surface area contributed by atoms with Crippen molar-refractivity contribution in [2.45, 2.75) is 33.2 Å². The number of likely N-dealkylation sites (N-methyl/N-ethyl adjacent to an activating group) is 1. The molecule has 1 N–H and O–H groups in total. The van der Waals surface area contributed by atoms with Crippen LogP contribution < -0.4 is 5.32 Å². The third-order valence-electron chi connectivity index (χ3n) is 3.14. The first-order chi connectivity index (χ1) is 8.61. The van der Waals surface area contributed by atoms with E-state index in [0.717, 1.165) is 17.7 Å². The summed E-state index contributed by atoms with van der Waals surface area (Å²) in [6, 6.07) is 2.19. The highest BCUT2D eigenvalue weighted by molar-refractivity contribution is 5.56. The monoisotopic (exact) mass is 249 g/mol. The molecule has 0 amide bonds. The van der Waals surface area contributed by atoms with Crippen LogP contribution >= 0.6 is 0 Å². The van der Waals surface area contributed by atoms with E-state index in [4.69, 9.17) is 8.94 Å². The molecule has 18 heavy (non-hydrogen) atoms. The average molecular weight is 249 g/mol. The van der Waals surface area contributed by atoms with Gasteiger partial charge in [-0.3, -0.25) is 0 Å². The summed E-state index contributed by atoms with van der Waals surface area (Å²) in [6.45, 7) is 6.22. The van der Waals surface area contributed by atoms with Crippen molar-refractivity contribution >= 4 is 0 Å². The molecule has 0 aromatic carbocycles. The van der Waals surface area contributed by atoms with Crippen LogP contribution in [0.5, 0.6) is 0 Å². The predicted octanol–water partition coefficient (Wildman–Crippen LogP) is 2.42. The van der Waals surface area contributed by atoms with E-state index in [0.29, 0.717) is 23.7 Å². The Kier molecular flexibility index (Phi) is 3.81. The Morgan fingerprint density at radius 3 is 2.72 bits per heavy atom. The molecule has 0 saturated carbocycles. The third kappa shape index (κ3) is 2.61. The van der Waals surface area contributed by atoms with Crippen LogP contribution in [-0.2, 0) is 6.42 Å². The molecule has 2 rings (SSSR count). The number of rotatable bonds is 5. The largest absolute Gasteiger partial charge is 0.469 e. The maximum Gasteiger partial charge on any atom is 0.228 e. The van der Waals surface area contributed by atoms with Crippen LogP contribution in [0.4, 0.5) is 0 Å². The SMILES string of the molecule is CNC(Cc1nc(-c2ccoc2C)no1)C(C)C. The van der Waals surface area contributed by atoms with Crippen molar-refractivity contribution in [3.8, 4) is 11.4 Å². The lowest BCUT2D eigenvalue weighted by Crippen LogP contribution is -2.32. The molecule has 2 aromatic heterocycles. The van der Waals surface area contributed by atoms with Gasteiger partial charge >= 0.3 is 0 Å². The molecule has 1 unspecified atom stereocenters. The van der Waals surface area contributed by atoms with Crippen LogP contribution in [0.3, 0.4) is 0 Å². The lowest BCUT2D eigenvalue weighted by molar-refractivity contribution is 0.335. The van der Waals surface area contributed by atoms with Crippen molar-refractivity contribution in [1.29, 1.82) is 0 Å². The fraction of sp³-hybridized carbons (Fsp3) is 0.538. The van der Waals surface area contributed by atoms with Gasteiger partial charge in [-0.1, -0.05) is 19.0 Å². The zero-order valence-corrected chi connectivity index (χ0v) is 11.2. The van der Waals surface area contributed by atoms with Gasteiger partial charge in [-0.15, -0.1) is 0 Å². The van der Waals surface area contributed by atoms with E-state index in [9.17, 15) is 0 Å². The molecular weight excluding hydrogens is 230 g/mol. The molecule has 0 aliphatic heterocycles. The van der Waals surface area contributed by atoms with Crippen LogP contribution in [-0.4, -0.2) is 23.2 Å². The molecule has 0 bridgehead atoms. The average Bonchev–Trinajstić information content (AvgIpc) is 2.94. The molecule has 2 aromatic rings. The summed E-state index contributed by atoms with van der Waals surface area (Å²) in [4.78, 5) is 4.41. The number of aromatic nitrogens is 2. The first-order valence-electron chi connectivity index (χ1n) is 6.16. The number of aryl methyl sites for hydroxylation is 1. The molecule has 2 heterocycles. The van der Waals surface area contributed by atoms with Gasteiger partial charge in [0.05, 0.1) is 11.8 Å². The Labute approximate surface area is 107 Å². The minimum atomic E-state index is 0.337. The molecular formula is C13H19N3O2. The molecule has 5 heteroatoms. The first kappa shape index (κ1) is 12.8. The first-order valence-corrected chi connectivity index (χ1v) is 6.16. The Bertz CT molecular complexity index is 502. The molecule has 5 nitrogen and oxygen atoms in total. The van der Waals surface area contributed by atoms with E-state index in [1.54, 1.807) is 6.26 Å². The summed E-state index contributed by atoms with van der Waals surface area (Å²) in [5.41, 5.74) is 0.885. The highest BCUT2D eigenvalue weighted by atomic mass is 16.5. The number of hydrogen-bond donors (Lipinski definition) is 1. The van der Waals surface area contributed by atoms with Gasteiger partial charge in [0.2, 0.25) is 11.7 Å². The minimum Gasteiger partial charge on any atom is -0.469 e. The van der Waals surface area contributed by atoms with Gasteiger partial charge in [0.1, 0.15) is 5.76 Å². The minimum absolute atomic E-state index is 0.337. The van der Waals surface area contributed by atoms with Crippen molar-refractivity contribution in [2.24, 2.45) is 5.92 Å². The van der Waals surface area contributed by atoms with E-state index in [2.05, 4.69) is 29.3 Å². The Morgan fingerprint density at radius 2 is 2.17 bits per heavy atom. The van der Waals surface area contributed by atoms with Crippen LogP contribution in [0, 0.1) is 12.8 Å². The molecule has 0 aliphatic carbocycles. The number of hydrogen-bond acceptors (Lipinski definition) is 5. The van der Waals surface area contributed by atoms with E-state index < -0.39 is 0 Å². The topological polar surface area (TPSA) is 64.1 Å². The summed E-state index contributed by atoms with van der Waals surface area (Å²) in [6.07, 6.45) is 2.36. The molecule has 0 aliphatic rings. The van der Waals surface area contributed by atoms with Gasteiger partial charge < -0.3 is 14.3 Å². The lowest BCUT2D eigenvalue weighted by atomic mass is 10.0. The van der Waals surface area contributed by atoms with E-state index in [1.807, 2.05) is 20.0 Å². The number of furan rings is 1. The predicted molar refractivity (Wildman–Crippen MR) is 68.1 cm³/mol. The van der Waals surface area contributed by atoms with Crippen molar-refractivity contribution in [3.05, 3.63) is 24.0 Å². The zero-order valence-electron chi connectivity index (χ0n) is 11.2. The van der Waals surface area contributed by atoms with E-state index in [-0.39, 0.29) is 0 Å². The lowest BCUT2D eigenvalue weighted by Gasteiger charge is -2.17. The highest BCUT2D eigenvalue weighted by Gasteiger charge is 2.17. The van der Waals surface area contributed by atoms with Crippen LogP contribution in [0.15, 0.2) is 21.3 Å². The quantitative estimate of drug-likeness (QED) is 0.881. The van der Waals surface area contributed by atoms with Crippen molar-refractivity contribution in [3.63, 3.8) is 0 Å². The van der Waals surface area contributed by atoms with E-state index in [1.165, 1.54) is 0 Å². The Morgan fingerprint density at radius 1 is 1.39 bits per heavy atom. The Hall–Kier alpha value is -1.62. The molecule has 0 fully saturated rings. The zero-order chi connectivity index (χ0) is 13.1. The summed E-state index contributed by atoms with van der Waals surface area (Å²) < 4.78 is 10.5. The maximum absolute atomic E-state index is 5.28. The van der Waals surface area contributed by atoms with Gasteiger partial charge in [0, 0.05) is 12.5 Å². The molecule has 0 radical (unpaired) electrons. The Balaban J connectivity index is 2.14. The standard InChI is InChI=1S/C13H19N3O2/c1-8(2)11(14-4)7-12-15-13(16-18-12)10-5-6-17-9(10)3/h5-6,8,11,14H,7H2,1-4H3. The van der Waals surface area contributed by atoms with Gasteiger partial charge in [-0.25, -0.2) is 0 Å². The van der Waals surface area contributed by atoms with Gasteiger partial charge in [-0.2, -0.15) is 4.98 Å². The molecule has 0 spiro atoms. The molecule has 0 saturated heterocycles. The van der Waals surface area contributed by atoms with Gasteiger partial charge in [0.25, 0.3) is 0 Å². The second-order valence-corrected chi connectivity index (χ2v) is 4.75. The van der Waals surface area contributed by atoms with Gasteiger partial charge in [0.15, 0.2) is 0 Å². The molecule has 1 atom stereocenters. The summed E-state index contributed by atoms with van der Waals surface area (Å²) in [5, 5.41) is 7.25. The summed E-state index contributed by atoms with van der Waals surface area (Å²) in [7, 11) is 1.95. The van der Waals surface area contributed by atoms with Crippen molar-refractivity contribution < 1.29 is 8.94 Å². The summed E-state index contributed by atoms with van der Waals surface area (Å²) in [5.74, 6) is 2.56. The van der Waals surface area contributed by atoms with Crippen molar-refractivity contribution in [1.82, 2.24) is 15.5 Å². The third-order valence-corrected chi connectivity index (χ3v) is 3.14. The molecule has 98 valence electrons. The number of nitrogens with zero attached hydrogens (tertiary/aromatic N) is 2. The van der Waals surface area contributed by atoms with Crippen LogP contribution in [0.25, 0.3) is 11.4 Å².